The molecule has 112 valence electrons. The molecule has 0 aliphatic heterocycles. The molecule has 1 unspecified atom stereocenters. The van der Waals surface area contributed by atoms with Crippen LogP contribution in [0.3, 0.4) is 0 Å². The molecule has 0 bridgehead atoms. The van der Waals surface area contributed by atoms with Crippen molar-refractivity contribution in [2.24, 2.45) is 0 Å². The first-order valence-electron chi connectivity index (χ1n) is 6.98. The van der Waals surface area contributed by atoms with Crippen LogP contribution in [0, 0.1) is 13.8 Å². The van der Waals surface area contributed by atoms with E-state index < -0.39 is 6.10 Å². The number of aliphatic hydroxyl groups excluding tert-OH is 1. The van der Waals surface area contributed by atoms with E-state index in [2.05, 4.69) is 4.74 Å². The number of esters is 1. The van der Waals surface area contributed by atoms with E-state index in [9.17, 15) is 9.90 Å². The molecule has 4 nitrogen and oxygen atoms in total. The highest BCUT2D eigenvalue weighted by Gasteiger charge is 2.14. The van der Waals surface area contributed by atoms with Crippen molar-refractivity contribution in [1.29, 1.82) is 0 Å². The molecule has 0 spiro atoms. The van der Waals surface area contributed by atoms with Gasteiger partial charge in [-0.3, -0.25) is 4.79 Å². The van der Waals surface area contributed by atoms with Gasteiger partial charge in [-0.2, -0.15) is 0 Å². The topological polar surface area (TPSA) is 55.8 Å². The number of methoxy groups -OCH3 is 1. The Morgan fingerprint density at radius 3 is 2.60 bits per heavy atom. The first-order valence-corrected chi connectivity index (χ1v) is 6.98. The minimum absolute atomic E-state index is 0.239. The van der Waals surface area contributed by atoms with E-state index in [1.807, 2.05) is 32.9 Å². The highest BCUT2D eigenvalue weighted by Crippen LogP contribution is 2.29. The van der Waals surface area contributed by atoms with Gasteiger partial charge in [0.05, 0.1) is 19.8 Å². The Balaban J connectivity index is 2.70. The number of benzene rings is 1. The van der Waals surface area contributed by atoms with Crippen LogP contribution in [-0.4, -0.2) is 24.8 Å². The van der Waals surface area contributed by atoms with Crippen LogP contribution in [0.25, 0.3) is 0 Å². The summed E-state index contributed by atoms with van der Waals surface area (Å²) in [5.41, 5.74) is 2.92. The van der Waals surface area contributed by atoms with Crippen LogP contribution < -0.4 is 4.74 Å². The Kier molecular flexibility index (Phi) is 6.52. The largest absolute Gasteiger partial charge is 0.494 e. The van der Waals surface area contributed by atoms with Crippen molar-refractivity contribution in [3.05, 3.63) is 28.8 Å². The van der Waals surface area contributed by atoms with Gasteiger partial charge in [-0.25, -0.2) is 0 Å². The molecule has 0 aliphatic carbocycles. The summed E-state index contributed by atoms with van der Waals surface area (Å²) < 4.78 is 10.1. The van der Waals surface area contributed by atoms with Crippen LogP contribution in [0.2, 0.25) is 0 Å². The van der Waals surface area contributed by atoms with Crippen molar-refractivity contribution >= 4 is 5.97 Å². The van der Waals surface area contributed by atoms with Gasteiger partial charge < -0.3 is 14.6 Å². The number of ether oxygens (including phenoxy) is 2. The molecule has 1 atom stereocenters. The van der Waals surface area contributed by atoms with Gasteiger partial charge in [0.1, 0.15) is 5.75 Å². The van der Waals surface area contributed by atoms with Gasteiger partial charge in [-0.15, -0.1) is 0 Å². The SMILES string of the molecule is CCOc1cc(C)c(C(O)CCCC(=O)OC)cc1C. The van der Waals surface area contributed by atoms with Gasteiger partial charge in [0, 0.05) is 6.42 Å². The minimum Gasteiger partial charge on any atom is -0.494 e. The number of aryl methyl sites for hydroxylation is 2. The van der Waals surface area contributed by atoms with Crippen LogP contribution >= 0.6 is 0 Å². The average Bonchev–Trinajstić information content (AvgIpc) is 2.42. The van der Waals surface area contributed by atoms with Crippen LogP contribution in [0.15, 0.2) is 12.1 Å². The van der Waals surface area contributed by atoms with Gasteiger partial charge >= 0.3 is 5.97 Å². The number of hydrogen-bond acceptors (Lipinski definition) is 4. The van der Waals surface area contributed by atoms with E-state index >= 15 is 0 Å². The van der Waals surface area contributed by atoms with Gasteiger partial charge in [-0.05, 0) is 62.4 Å². The molecule has 4 heteroatoms. The Morgan fingerprint density at radius 2 is 2.00 bits per heavy atom. The predicted octanol–water partition coefficient (Wildman–Crippen LogP) is 3.08. The quantitative estimate of drug-likeness (QED) is 0.780. The van der Waals surface area contributed by atoms with Crippen LogP contribution in [0.5, 0.6) is 5.75 Å². The summed E-state index contributed by atoms with van der Waals surface area (Å²) in [6.07, 6.45) is 0.931. The fourth-order valence-corrected chi connectivity index (χ4v) is 2.18. The van der Waals surface area contributed by atoms with Gasteiger partial charge in [-0.1, -0.05) is 0 Å². The molecule has 1 N–H and O–H groups in total. The second-order valence-electron chi connectivity index (χ2n) is 4.89. The highest BCUT2D eigenvalue weighted by molar-refractivity contribution is 5.69. The minimum atomic E-state index is -0.561. The lowest BCUT2D eigenvalue weighted by atomic mass is 9.97. The van der Waals surface area contributed by atoms with Crippen LogP contribution in [-0.2, 0) is 9.53 Å². The molecular weight excluding hydrogens is 256 g/mol. The maximum atomic E-state index is 11.0. The Labute approximate surface area is 120 Å². The Bertz CT molecular complexity index is 454. The Morgan fingerprint density at radius 1 is 1.30 bits per heavy atom. The van der Waals surface area contributed by atoms with E-state index in [-0.39, 0.29) is 5.97 Å². The third kappa shape index (κ3) is 4.53. The maximum absolute atomic E-state index is 11.0. The summed E-state index contributed by atoms with van der Waals surface area (Å²) >= 11 is 0. The molecule has 20 heavy (non-hydrogen) atoms. The monoisotopic (exact) mass is 280 g/mol. The normalized spacial score (nSPS) is 12.1. The number of rotatable bonds is 7. The molecule has 1 aromatic rings. The summed E-state index contributed by atoms with van der Waals surface area (Å²) in [7, 11) is 1.37. The zero-order valence-corrected chi connectivity index (χ0v) is 12.7. The lowest BCUT2D eigenvalue weighted by Crippen LogP contribution is -2.05. The van der Waals surface area contributed by atoms with Crippen molar-refractivity contribution in [3.63, 3.8) is 0 Å². The second kappa shape index (κ2) is 7.90. The first kappa shape index (κ1) is 16.5. The van der Waals surface area contributed by atoms with Crippen molar-refractivity contribution in [1.82, 2.24) is 0 Å². The molecule has 0 fully saturated rings. The zero-order chi connectivity index (χ0) is 15.1. The van der Waals surface area contributed by atoms with E-state index in [0.717, 1.165) is 22.4 Å². The predicted molar refractivity (Wildman–Crippen MR) is 77.9 cm³/mol. The summed E-state index contributed by atoms with van der Waals surface area (Å²) in [5.74, 6) is 0.618. The Hall–Kier alpha value is -1.55. The first-order chi connectivity index (χ1) is 9.49. The van der Waals surface area contributed by atoms with Crippen molar-refractivity contribution in [2.75, 3.05) is 13.7 Å². The zero-order valence-electron chi connectivity index (χ0n) is 12.7. The maximum Gasteiger partial charge on any atom is 0.305 e. The van der Waals surface area contributed by atoms with Gasteiger partial charge in [0.2, 0.25) is 0 Å². The summed E-state index contributed by atoms with van der Waals surface area (Å²) in [6, 6.07) is 3.92. The molecule has 0 aliphatic rings. The van der Waals surface area contributed by atoms with Crippen molar-refractivity contribution in [2.45, 2.75) is 46.1 Å². The standard InChI is InChI=1S/C16H24O4/c1-5-20-15-10-11(2)13(9-12(15)3)14(17)7-6-8-16(18)19-4/h9-10,14,17H,5-8H2,1-4H3. The van der Waals surface area contributed by atoms with Crippen molar-refractivity contribution in [3.8, 4) is 5.75 Å². The van der Waals surface area contributed by atoms with Gasteiger partial charge in [0.25, 0.3) is 0 Å². The van der Waals surface area contributed by atoms with E-state index in [1.165, 1.54) is 7.11 Å². The fraction of sp³-hybridized carbons (Fsp3) is 0.562. The van der Waals surface area contributed by atoms with Crippen LogP contribution in [0.4, 0.5) is 0 Å². The third-order valence-corrected chi connectivity index (χ3v) is 3.31. The summed E-state index contributed by atoms with van der Waals surface area (Å²) in [5, 5.41) is 10.2. The molecule has 0 radical (unpaired) electrons. The second-order valence-corrected chi connectivity index (χ2v) is 4.89. The molecule has 1 rings (SSSR count). The molecule has 0 aromatic heterocycles. The van der Waals surface area contributed by atoms with E-state index in [4.69, 9.17) is 4.74 Å². The smallest absolute Gasteiger partial charge is 0.305 e. The fourth-order valence-electron chi connectivity index (χ4n) is 2.18. The number of aliphatic hydroxyl groups is 1. The average molecular weight is 280 g/mol. The van der Waals surface area contributed by atoms with Crippen molar-refractivity contribution < 1.29 is 19.4 Å². The van der Waals surface area contributed by atoms with Gasteiger partial charge in [0.15, 0.2) is 0 Å². The van der Waals surface area contributed by atoms with E-state index in [0.29, 0.717) is 25.9 Å². The molecule has 0 amide bonds. The number of carbonyl (C=O) groups is 1. The van der Waals surface area contributed by atoms with E-state index in [1.54, 1.807) is 0 Å². The molecule has 1 aromatic carbocycles. The molecule has 0 heterocycles. The lowest BCUT2D eigenvalue weighted by Gasteiger charge is -2.17. The number of hydrogen-bond donors (Lipinski definition) is 1. The van der Waals surface area contributed by atoms with Crippen LogP contribution in [0.1, 0.15) is 49.0 Å². The number of carbonyl (C=O) groups excluding carboxylic acids is 1. The molecule has 0 saturated heterocycles. The third-order valence-electron chi connectivity index (χ3n) is 3.31. The summed E-state index contributed by atoms with van der Waals surface area (Å²) in [4.78, 5) is 11.0. The molecule has 0 saturated carbocycles. The lowest BCUT2D eigenvalue weighted by molar-refractivity contribution is -0.140. The highest BCUT2D eigenvalue weighted by atomic mass is 16.5. The summed E-state index contributed by atoms with van der Waals surface area (Å²) in [6.45, 7) is 6.50. The molecular formula is C16H24O4.